The molecule has 0 aliphatic rings. The van der Waals surface area contributed by atoms with Crippen LogP contribution in [0.1, 0.15) is 30.7 Å². The number of nitrogens with zero attached hydrogens (tertiary/aromatic N) is 2. The molecular formula is C16H23N3O2. The standard InChI is InChI=1S/C16H23N3O2/c1-11(2)17-9-15-12(3)18-19(4)16(15)21-14-7-5-13(10-20)6-8-14/h5-8,11,17,20H,9-10H2,1-4H3. The van der Waals surface area contributed by atoms with E-state index in [4.69, 9.17) is 9.84 Å². The fraction of sp³-hybridized carbons (Fsp3) is 0.438. The Kier molecular flexibility index (Phi) is 4.98. The Labute approximate surface area is 125 Å². The van der Waals surface area contributed by atoms with Crippen molar-refractivity contribution < 1.29 is 9.84 Å². The zero-order valence-electron chi connectivity index (χ0n) is 13.1. The Balaban J connectivity index is 2.21. The molecule has 0 amide bonds. The summed E-state index contributed by atoms with van der Waals surface area (Å²) in [6, 6.07) is 7.82. The first kappa shape index (κ1) is 15.5. The predicted octanol–water partition coefficient (Wildman–Crippen LogP) is 2.51. The maximum atomic E-state index is 9.07. The lowest BCUT2D eigenvalue weighted by molar-refractivity contribution is 0.281. The molecule has 2 N–H and O–H groups in total. The molecule has 1 aromatic carbocycles. The Morgan fingerprint density at radius 2 is 1.95 bits per heavy atom. The first-order chi connectivity index (χ1) is 10.0. The minimum Gasteiger partial charge on any atom is -0.439 e. The van der Waals surface area contributed by atoms with Crippen molar-refractivity contribution >= 4 is 0 Å². The van der Waals surface area contributed by atoms with Crippen molar-refractivity contribution in [3.8, 4) is 11.6 Å². The number of ether oxygens (including phenoxy) is 1. The molecule has 0 unspecified atom stereocenters. The van der Waals surface area contributed by atoms with Crippen molar-refractivity contribution in [3.05, 3.63) is 41.1 Å². The van der Waals surface area contributed by atoms with E-state index < -0.39 is 0 Å². The van der Waals surface area contributed by atoms with Crippen LogP contribution in [0.25, 0.3) is 0 Å². The number of aliphatic hydroxyl groups is 1. The fourth-order valence-corrected chi connectivity index (χ4v) is 2.09. The van der Waals surface area contributed by atoms with Gasteiger partial charge in [-0.15, -0.1) is 0 Å². The first-order valence-electron chi connectivity index (χ1n) is 7.14. The second-order valence-electron chi connectivity index (χ2n) is 5.43. The highest BCUT2D eigenvalue weighted by Crippen LogP contribution is 2.27. The average Bonchev–Trinajstić information content (AvgIpc) is 2.72. The van der Waals surface area contributed by atoms with Gasteiger partial charge in [-0.05, 0) is 24.6 Å². The number of aliphatic hydroxyl groups excluding tert-OH is 1. The van der Waals surface area contributed by atoms with Crippen LogP contribution in [0.15, 0.2) is 24.3 Å². The van der Waals surface area contributed by atoms with Gasteiger partial charge in [0.15, 0.2) is 0 Å². The minimum absolute atomic E-state index is 0.0364. The van der Waals surface area contributed by atoms with Crippen LogP contribution in [0.2, 0.25) is 0 Å². The van der Waals surface area contributed by atoms with Gasteiger partial charge in [-0.3, -0.25) is 0 Å². The molecule has 0 aliphatic heterocycles. The molecule has 0 saturated heterocycles. The van der Waals surface area contributed by atoms with Gasteiger partial charge in [0.25, 0.3) is 0 Å². The van der Waals surface area contributed by atoms with E-state index in [9.17, 15) is 0 Å². The molecule has 0 aliphatic carbocycles. The van der Waals surface area contributed by atoms with Crippen LogP contribution in [-0.4, -0.2) is 20.9 Å². The third-order valence-electron chi connectivity index (χ3n) is 3.30. The van der Waals surface area contributed by atoms with Gasteiger partial charge in [-0.25, -0.2) is 4.68 Å². The Morgan fingerprint density at radius 1 is 1.29 bits per heavy atom. The number of aromatic nitrogens is 2. The van der Waals surface area contributed by atoms with Gasteiger partial charge in [0.05, 0.1) is 17.9 Å². The number of rotatable bonds is 6. The zero-order chi connectivity index (χ0) is 15.4. The Hall–Kier alpha value is -1.85. The molecule has 2 aromatic rings. The van der Waals surface area contributed by atoms with Gasteiger partial charge in [0, 0.05) is 19.6 Å². The predicted molar refractivity (Wildman–Crippen MR) is 82.4 cm³/mol. The number of hydrogen-bond donors (Lipinski definition) is 2. The van der Waals surface area contributed by atoms with Crippen LogP contribution in [0.3, 0.4) is 0 Å². The summed E-state index contributed by atoms with van der Waals surface area (Å²) in [5.74, 6) is 1.48. The second-order valence-corrected chi connectivity index (χ2v) is 5.43. The van der Waals surface area contributed by atoms with E-state index in [1.54, 1.807) is 4.68 Å². The third kappa shape index (κ3) is 3.83. The average molecular weight is 289 g/mol. The Morgan fingerprint density at radius 3 is 2.52 bits per heavy atom. The first-order valence-corrected chi connectivity index (χ1v) is 7.14. The van der Waals surface area contributed by atoms with E-state index in [1.165, 1.54) is 0 Å². The molecular weight excluding hydrogens is 266 g/mol. The summed E-state index contributed by atoms with van der Waals surface area (Å²) in [4.78, 5) is 0. The van der Waals surface area contributed by atoms with Crippen LogP contribution < -0.4 is 10.1 Å². The van der Waals surface area contributed by atoms with E-state index in [0.29, 0.717) is 6.04 Å². The van der Waals surface area contributed by atoms with Crippen molar-refractivity contribution in [2.75, 3.05) is 0 Å². The van der Waals surface area contributed by atoms with Crippen LogP contribution >= 0.6 is 0 Å². The van der Waals surface area contributed by atoms with Gasteiger partial charge < -0.3 is 15.2 Å². The van der Waals surface area contributed by atoms with Crippen molar-refractivity contribution in [2.45, 2.75) is 40.0 Å². The summed E-state index contributed by atoms with van der Waals surface area (Å²) in [6.07, 6.45) is 0. The maximum Gasteiger partial charge on any atom is 0.222 e. The van der Waals surface area contributed by atoms with E-state index >= 15 is 0 Å². The summed E-state index contributed by atoms with van der Waals surface area (Å²) in [5.41, 5.74) is 2.90. The van der Waals surface area contributed by atoms with E-state index in [-0.39, 0.29) is 6.61 Å². The Bertz CT molecular complexity index is 588. The largest absolute Gasteiger partial charge is 0.439 e. The van der Waals surface area contributed by atoms with Crippen molar-refractivity contribution in [3.63, 3.8) is 0 Å². The molecule has 0 bridgehead atoms. The lowest BCUT2D eigenvalue weighted by atomic mass is 10.2. The molecule has 0 atom stereocenters. The molecule has 0 saturated carbocycles. The molecule has 1 heterocycles. The van der Waals surface area contributed by atoms with Crippen LogP contribution in [-0.2, 0) is 20.2 Å². The maximum absolute atomic E-state index is 9.07. The molecule has 5 nitrogen and oxygen atoms in total. The second kappa shape index (κ2) is 6.74. The highest BCUT2D eigenvalue weighted by Gasteiger charge is 2.15. The summed E-state index contributed by atoms with van der Waals surface area (Å²) in [6.45, 7) is 6.97. The van der Waals surface area contributed by atoms with Gasteiger partial charge in [0.2, 0.25) is 5.88 Å². The monoisotopic (exact) mass is 289 g/mol. The van der Waals surface area contributed by atoms with Crippen molar-refractivity contribution in [1.29, 1.82) is 0 Å². The molecule has 0 radical (unpaired) electrons. The molecule has 114 valence electrons. The highest BCUT2D eigenvalue weighted by molar-refractivity contribution is 5.36. The summed E-state index contributed by atoms with van der Waals surface area (Å²) >= 11 is 0. The summed E-state index contributed by atoms with van der Waals surface area (Å²) < 4.78 is 7.73. The normalized spacial score (nSPS) is 11.1. The molecule has 0 spiro atoms. The number of benzene rings is 1. The van der Waals surface area contributed by atoms with E-state index in [0.717, 1.165) is 35.0 Å². The number of nitrogens with one attached hydrogen (secondary N) is 1. The van der Waals surface area contributed by atoms with Crippen LogP contribution in [0.5, 0.6) is 11.6 Å². The summed E-state index contributed by atoms with van der Waals surface area (Å²) in [7, 11) is 1.88. The zero-order valence-corrected chi connectivity index (χ0v) is 13.1. The molecule has 2 rings (SSSR count). The van der Waals surface area contributed by atoms with Crippen LogP contribution in [0.4, 0.5) is 0 Å². The molecule has 5 heteroatoms. The topological polar surface area (TPSA) is 59.3 Å². The van der Waals surface area contributed by atoms with Crippen LogP contribution in [0, 0.1) is 6.92 Å². The number of hydrogen-bond acceptors (Lipinski definition) is 4. The summed E-state index contributed by atoms with van der Waals surface area (Å²) in [5, 5.41) is 16.9. The lowest BCUT2D eigenvalue weighted by Gasteiger charge is -2.11. The molecule has 0 fully saturated rings. The highest BCUT2D eigenvalue weighted by atomic mass is 16.5. The fourth-order valence-electron chi connectivity index (χ4n) is 2.09. The lowest BCUT2D eigenvalue weighted by Crippen LogP contribution is -2.22. The van der Waals surface area contributed by atoms with Gasteiger partial charge >= 0.3 is 0 Å². The SMILES string of the molecule is Cc1nn(C)c(Oc2ccc(CO)cc2)c1CNC(C)C. The van der Waals surface area contributed by atoms with Gasteiger partial charge in [-0.1, -0.05) is 26.0 Å². The third-order valence-corrected chi connectivity index (χ3v) is 3.30. The van der Waals surface area contributed by atoms with Gasteiger partial charge in [-0.2, -0.15) is 5.10 Å². The minimum atomic E-state index is 0.0364. The van der Waals surface area contributed by atoms with Gasteiger partial charge in [0.1, 0.15) is 5.75 Å². The van der Waals surface area contributed by atoms with E-state index in [1.807, 2.05) is 38.2 Å². The molecule has 21 heavy (non-hydrogen) atoms. The van der Waals surface area contributed by atoms with E-state index in [2.05, 4.69) is 24.3 Å². The smallest absolute Gasteiger partial charge is 0.222 e. The number of aryl methyl sites for hydroxylation is 2. The quantitative estimate of drug-likeness (QED) is 0.858. The van der Waals surface area contributed by atoms with Crippen molar-refractivity contribution in [2.24, 2.45) is 7.05 Å². The van der Waals surface area contributed by atoms with Crippen molar-refractivity contribution in [1.82, 2.24) is 15.1 Å². The molecule has 1 aromatic heterocycles.